The minimum Gasteiger partial charge on any atom is -0.493 e. The zero-order chi connectivity index (χ0) is 22.2. The van der Waals surface area contributed by atoms with E-state index < -0.39 is 5.97 Å². The summed E-state index contributed by atoms with van der Waals surface area (Å²) in [4.78, 5) is 35.2. The zero-order valence-electron chi connectivity index (χ0n) is 17.2. The minimum atomic E-state index is -0.460. The van der Waals surface area contributed by atoms with Gasteiger partial charge in [0.25, 0.3) is 5.56 Å². The lowest BCUT2D eigenvalue weighted by atomic mass is 9.97. The number of thiophene rings is 1. The third kappa shape index (κ3) is 3.81. The summed E-state index contributed by atoms with van der Waals surface area (Å²) in [5.41, 5.74) is 2.21. The van der Waals surface area contributed by atoms with Gasteiger partial charge in [0.1, 0.15) is 10.7 Å². The number of fused-ring (bicyclic) bond motifs is 3. The van der Waals surface area contributed by atoms with Crippen LogP contribution in [0.15, 0.2) is 47.3 Å². The van der Waals surface area contributed by atoms with Gasteiger partial charge >= 0.3 is 5.97 Å². The first-order valence-electron chi connectivity index (χ1n) is 10.2. The number of esters is 1. The fourth-order valence-corrected chi connectivity index (χ4v) is 5.85. The Morgan fingerprint density at radius 1 is 1.12 bits per heavy atom. The van der Waals surface area contributed by atoms with Crippen LogP contribution in [0.3, 0.4) is 0 Å². The second-order valence-electron chi connectivity index (χ2n) is 7.54. The van der Waals surface area contributed by atoms with Gasteiger partial charge in [-0.05, 0) is 84.2 Å². The van der Waals surface area contributed by atoms with Crippen LogP contribution in [-0.4, -0.2) is 23.0 Å². The molecule has 8 heteroatoms. The van der Waals surface area contributed by atoms with Crippen LogP contribution in [0.4, 0.5) is 0 Å². The van der Waals surface area contributed by atoms with Crippen LogP contribution in [-0.2, 0) is 12.8 Å². The van der Waals surface area contributed by atoms with E-state index in [1.165, 1.54) is 12.0 Å². The topological polar surface area (TPSA) is 81.3 Å². The van der Waals surface area contributed by atoms with Crippen LogP contribution in [0.25, 0.3) is 21.6 Å². The van der Waals surface area contributed by atoms with Crippen molar-refractivity contribution in [1.82, 2.24) is 9.97 Å². The van der Waals surface area contributed by atoms with Gasteiger partial charge in [-0.1, -0.05) is 12.1 Å². The Morgan fingerprint density at radius 3 is 2.75 bits per heavy atom. The van der Waals surface area contributed by atoms with Crippen LogP contribution in [0.1, 0.15) is 33.6 Å². The van der Waals surface area contributed by atoms with E-state index in [0.29, 0.717) is 28.5 Å². The number of rotatable bonds is 4. The molecule has 0 bridgehead atoms. The Morgan fingerprint density at radius 2 is 1.94 bits per heavy atom. The summed E-state index contributed by atoms with van der Waals surface area (Å²) >= 11 is 3.71. The summed E-state index contributed by atoms with van der Waals surface area (Å²) in [6.07, 6.45) is 4.22. The van der Waals surface area contributed by atoms with Gasteiger partial charge in [0.2, 0.25) is 0 Å². The zero-order valence-corrected chi connectivity index (χ0v) is 20.2. The Kier molecular flexibility index (Phi) is 5.73. The molecule has 2 aromatic carbocycles. The molecular formula is C24H19IN2O4S. The lowest BCUT2D eigenvalue weighted by Gasteiger charge is -2.12. The highest BCUT2D eigenvalue weighted by Crippen LogP contribution is 2.36. The van der Waals surface area contributed by atoms with Gasteiger partial charge in [0.15, 0.2) is 11.5 Å². The fraction of sp³-hybridized carbons (Fsp3) is 0.208. The average molecular weight is 558 g/mol. The van der Waals surface area contributed by atoms with E-state index in [1.807, 2.05) is 12.1 Å². The summed E-state index contributed by atoms with van der Waals surface area (Å²) in [6, 6.07) is 12.4. The van der Waals surface area contributed by atoms with Gasteiger partial charge in [-0.15, -0.1) is 11.3 Å². The number of aryl methyl sites for hydroxylation is 2. The highest BCUT2D eigenvalue weighted by molar-refractivity contribution is 14.1. The molecule has 0 aliphatic heterocycles. The lowest BCUT2D eigenvalue weighted by molar-refractivity contribution is 0.0728. The van der Waals surface area contributed by atoms with E-state index in [2.05, 4.69) is 27.6 Å². The molecule has 0 amide bonds. The maximum atomic E-state index is 12.9. The number of benzene rings is 2. The molecule has 162 valence electrons. The smallest absolute Gasteiger partial charge is 0.344 e. The molecule has 0 saturated heterocycles. The Balaban J connectivity index is 1.50. The second-order valence-corrected chi connectivity index (χ2v) is 9.79. The number of aromatic amines is 1. The first kappa shape index (κ1) is 21.1. The lowest BCUT2D eigenvalue weighted by Crippen LogP contribution is -2.12. The molecule has 5 rings (SSSR count). The van der Waals surface area contributed by atoms with Crippen molar-refractivity contribution in [3.8, 4) is 22.9 Å². The molecule has 1 aliphatic rings. The first-order valence-corrected chi connectivity index (χ1v) is 12.1. The maximum absolute atomic E-state index is 12.9. The van der Waals surface area contributed by atoms with Crippen LogP contribution in [0.2, 0.25) is 0 Å². The van der Waals surface area contributed by atoms with Crippen LogP contribution < -0.4 is 15.0 Å². The largest absolute Gasteiger partial charge is 0.493 e. The number of hydrogen-bond donors (Lipinski definition) is 1. The molecule has 2 heterocycles. The normalized spacial score (nSPS) is 13.1. The van der Waals surface area contributed by atoms with Crippen molar-refractivity contribution in [1.29, 1.82) is 0 Å². The number of H-pyrrole nitrogens is 1. The standard InChI is InChI=1S/C24H19IN2O4S/c1-30-18-12-13(10-11-17(18)31-24(29)14-6-2-4-8-16(14)25)21-26-22(28)20-15-7-3-5-9-19(15)32-23(20)27-21/h2,4,6,8,10-12H,3,5,7,9H2,1H3,(H,26,27,28). The van der Waals surface area contributed by atoms with Gasteiger partial charge in [-0.25, -0.2) is 9.78 Å². The molecule has 0 saturated carbocycles. The van der Waals surface area contributed by atoms with E-state index in [9.17, 15) is 9.59 Å². The third-order valence-corrected chi connectivity index (χ3v) is 7.68. The molecule has 0 fully saturated rings. The molecule has 2 aromatic heterocycles. The molecule has 32 heavy (non-hydrogen) atoms. The van der Waals surface area contributed by atoms with E-state index in [1.54, 1.807) is 41.7 Å². The number of carbonyl (C=O) groups excluding carboxylic acids is 1. The summed E-state index contributed by atoms with van der Waals surface area (Å²) in [6.45, 7) is 0. The molecule has 0 spiro atoms. The third-order valence-electron chi connectivity index (χ3n) is 5.56. The first-order chi connectivity index (χ1) is 15.5. The molecule has 4 aromatic rings. The number of hydrogen-bond acceptors (Lipinski definition) is 6. The van der Waals surface area contributed by atoms with Crippen LogP contribution in [0, 0.1) is 3.57 Å². The number of nitrogens with zero attached hydrogens (tertiary/aromatic N) is 1. The number of aromatic nitrogens is 2. The summed E-state index contributed by atoms with van der Waals surface area (Å²) in [7, 11) is 1.51. The number of carbonyl (C=O) groups is 1. The van der Waals surface area contributed by atoms with Gasteiger partial charge in [-0.3, -0.25) is 4.79 Å². The number of halogens is 1. The van der Waals surface area contributed by atoms with E-state index in [0.717, 1.165) is 45.0 Å². The van der Waals surface area contributed by atoms with Gasteiger partial charge in [0, 0.05) is 14.0 Å². The highest BCUT2D eigenvalue weighted by atomic mass is 127. The quantitative estimate of drug-likeness (QED) is 0.207. The maximum Gasteiger partial charge on any atom is 0.344 e. The fourth-order valence-electron chi connectivity index (χ4n) is 3.98. The van der Waals surface area contributed by atoms with Crippen molar-refractivity contribution < 1.29 is 14.3 Å². The number of methoxy groups -OCH3 is 1. The number of ether oxygens (including phenoxy) is 2. The summed E-state index contributed by atoms with van der Waals surface area (Å²) < 4.78 is 11.9. The Labute approximate surface area is 201 Å². The van der Waals surface area contributed by atoms with E-state index >= 15 is 0 Å². The summed E-state index contributed by atoms with van der Waals surface area (Å²) in [5.74, 6) is 0.693. The van der Waals surface area contributed by atoms with Crippen molar-refractivity contribution in [2.75, 3.05) is 7.11 Å². The molecule has 0 radical (unpaired) electrons. The molecule has 0 unspecified atom stereocenters. The predicted molar refractivity (Wildman–Crippen MR) is 133 cm³/mol. The van der Waals surface area contributed by atoms with E-state index in [-0.39, 0.29) is 5.56 Å². The molecular weight excluding hydrogens is 539 g/mol. The van der Waals surface area contributed by atoms with E-state index in [4.69, 9.17) is 14.5 Å². The minimum absolute atomic E-state index is 0.113. The van der Waals surface area contributed by atoms with Crippen molar-refractivity contribution >= 4 is 50.1 Å². The van der Waals surface area contributed by atoms with Crippen molar-refractivity contribution in [3.05, 3.63) is 72.4 Å². The monoisotopic (exact) mass is 558 g/mol. The predicted octanol–water partition coefficient (Wildman–Crippen LogP) is 5.36. The molecule has 6 nitrogen and oxygen atoms in total. The summed E-state index contributed by atoms with van der Waals surface area (Å²) in [5, 5.41) is 0.725. The highest BCUT2D eigenvalue weighted by Gasteiger charge is 2.21. The molecule has 1 N–H and O–H groups in total. The van der Waals surface area contributed by atoms with Gasteiger partial charge in [0.05, 0.1) is 18.1 Å². The molecule has 1 aliphatic carbocycles. The second kappa shape index (κ2) is 8.67. The van der Waals surface area contributed by atoms with Crippen molar-refractivity contribution in [2.45, 2.75) is 25.7 Å². The van der Waals surface area contributed by atoms with Crippen LogP contribution in [0.5, 0.6) is 11.5 Å². The van der Waals surface area contributed by atoms with Gasteiger partial charge in [-0.2, -0.15) is 0 Å². The van der Waals surface area contributed by atoms with Crippen molar-refractivity contribution in [3.63, 3.8) is 0 Å². The van der Waals surface area contributed by atoms with Crippen molar-refractivity contribution in [2.24, 2.45) is 0 Å². The average Bonchev–Trinajstić information content (AvgIpc) is 3.18. The van der Waals surface area contributed by atoms with Crippen LogP contribution >= 0.6 is 33.9 Å². The van der Waals surface area contributed by atoms with Gasteiger partial charge < -0.3 is 14.5 Å². The SMILES string of the molecule is COc1cc(-c2nc3sc4c(c3c(=O)[nH]2)CCCC4)ccc1OC(=O)c1ccccc1I. The number of nitrogens with one attached hydrogen (secondary N) is 1. The Hall–Kier alpha value is -2.72. The molecule has 0 atom stereocenters. The Bertz CT molecular complexity index is 1410.